The highest BCUT2D eigenvalue weighted by molar-refractivity contribution is 7.09. The zero-order valence-corrected chi connectivity index (χ0v) is 10.4. The van der Waals surface area contributed by atoms with Crippen molar-refractivity contribution in [1.82, 2.24) is 14.8 Å². The Morgan fingerprint density at radius 1 is 1.53 bits per heavy atom. The normalized spacial score (nSPS) is 9.58. The number of rotatable bonds is 2. The van der Waals surface area contributed by atoms with Crippen LogP contribution in [0.4, 0.5) is 9.52 Å². The van der Waals surface area contributed by atoms with Gasteiger partial charge in [-0.15, -0.1) is 0 Å². The molecule has 3 N–H and O–H groups in total. The fourth-order valence-corrected chi connectivity index (χ4v) is 1.62. The van der Waals surface area contributed by atoms with E-state index in [0.717, 1.165) is 17.6 Å². The van der Waals surface area contributed by atoms with Crippen molar-refractivity contribution in [2.45, 2.75) is 0 Å². The Bertz CT molecular complexity index is 647. The van der Waals surface area contributed by atoms with Gasteiger partial charge in [-0.05, 0) is 23.4 Å². The van der Waals surface area contributed by atoms with Gasteiger partial charge in [-0.3, -0.25) is 10.1 Å². The Hall–Kier alpha value is -2.37. The second-order valence-electron chi connectivity index (χ2n) is 3.32. The second-order valence-corrected chi connectivity index (χ2v) is 4.05. The van der Waals surface area contributed by atoms with Crippen molar-refractivity contribution in [2.24, 2.45) is 5.73 Å². The first kappa shape index (κ1) is 13.1. The van der Waals surface area contributed by atoms with Crippen LogP contribution in [0, 0.1) is 17.7 Å². The molecular weight excluding hydrogens is 269 g/mol. The number of nitrogens with two attached hydrogens (primary N) is 1. The molecule has 1 amide bonds. The summed E-state index contributed by atoms with van der Waals surface area (Å²) in [6, 6.07) is 3.99. The molecule has 6 nitrogen and oxygen atoms in total. The van der Waals surface area contributed by atoms with E-state index in [4.69, 9.17) is 5.73 Å². The quantitative estimate of drug-likeness (QED) is 0.785. The van der Waals surface area contributed by atoms with Crippen LogP contribution in [0.2, 0.25) is 0 Å². The predicted octanol–water partition coefficient (Wildman–Crippen LogP) is 0.635. The average Bonchev–Trinajstić information content (AvgIpc) is 2.90. The number of amides is 1. The van der Waals surface area contributed by atoms with Crippen LogP contribution in [-0.2, 0) is 0 Å². The van der Waals surface area contributed by atoms with Gasteiger partial charge < -0.3 is 5.73 Å². The highest BCUT2D eigenvalue weighted by Gasteiger charge is 2.10. The molecule has 0 spiro atoms. The second kappa shape index (κ2) is 5.99. The van der Waals surface area contributed by atoms with E-state index < -0.39 is 11.7 Å². The summed E-state index contributed by atoms with van der Waals surface area (Å²) in [7, 11) is 0. The number of nitrogens with one attached hydrogen (secondary N) is 1. The molecule has 0 unspecified atom stereocenters. The average molecular weight is 277 g/mol. The molecule has 0 bridgehead atoms. The molecule has 0 saturated carbocycles. The Balaban J connectivity index is 2.17. The number of aromatic nitrogens is 3. The number of anilines is 1. The van der Waals surface area contributed by atoms with Gasteiger partial charge in [0.25, 0.3) is 5.91 Å². The van der Waals surface area contributed by atoms with E-state index in [9.17, 15) is 9.18 Å². The summed E-state index contributed by atoms with van der Waals surface area (Å²) >= 11 is 0.930. The monoisotopic (exact) mass is 277 g/mol. The van der Waals surface area contributed by atoms with E-state index in [1.807, 2.05) is 0 Å². The Morgan fingerprint density at radius 2 is 2.37 bits per heavy atom. The molecule has 0 aliphatic heterocycles. The van der Waals surface area contributed by atoms with E-state index in [-0.39, 0.29) is 22.8 Å². The third kappa shape index (κ3) is 3.31. The van der Waals surface area contributed by atoms with Gasteiger partial charge in [0, 0.05) is 17.1 Å². The number of carbonyl (C=O) groups is 1. The number of carbonyl (C=O) groups excluding carboxylic acids is 1. The first-order valence-corrected chi connectivity index (χ1v) is 5.93. The predicted molar refractivity (Wildman–Crippen MR) is 68.0 cm³/mol. The van der Waals surface area contributed by atoms with Crippen molar-refractivity contribution < 1.29 is 9.18 Å². The van der Waals surface area contributed by atoms with Crippen LogP contribution in [0.25, 0.3) is 0 Å². The van der Waals surface area contributed by atoms with Crippen LogP contribution in [0.3, 0.4) is 0 Å². The van der Waals surface area contributed by atoms with Crippen molar-refractivity contribution in [3.63, 3.8) is 0 Å². The van der Waals surface area contributed by atoms with Gasteiger partial charge in [0.1, 0.15) is 5.82 Å². The lowest BCUT2D eigenvalue weighted by atomic mass is 10.1. The van der Waals surface area contributed by atoms with Gasteiger partial charge >= 0.3 is 0 Å². The molecule has 2 aromatic rings. The summed E-state index contributed by atoms with van der Waals surface area (Å²) in [6.45, 7) is 0.145. The number of hydrogen-bond acceptors (Lipinski definition) is 6. The maximum absolute atomic E-state index is 13.7. The number of nitrogens with zero attached hydrogens (tertiary/aromatic N) is 3. The highest BCUT2D eigenvalue weighted by atomic mass is 32.1. The Labute approximate surface area is 112 Å². The van der Waals surface area contributed by atoms with Crippen molar-refractivity contribution >= 4 is 22.6 Å². The van der Waals surface area contributed by atoms with Gasteiger partial charge in [-0.25, -0.2) is 4.39 Å². The lowest BCUT2D eigenvalue weighted by Gasteiger charge is -2.02. The van der Waals surface area contributed by atoms with E-state index >= 15 is 0 Å². The third-order valence-corrected chi connectivity index (χ3v) is 2.59. The lowest BCUT2D eigenvalue weighted by molar-refractivity contribution is 0.102. The van der Waals surface area contributed by atoms with Crippen molar-refractivity contribution in [3.05, 3.63) is 35.1 Å². The van der Waals surface area contributed by atoms with Crippen LogP contribution < -0.4 is 11.1 Å². The molecule has 1 aromatic heterocycles. The summed E-state index contributed by atoms with van der Waals surface area (Å²) in [5.41, 5.74) is 5.55. The van der Waals surface area contributed by atoms with Crippen molar-refractivity contribution in [2.75, 3.05) is 11.9 Å². The Kier molecular flexibility index (Phi) is 4.12. The van der Waals surface area contributed by atoms with Gasteiger partial charge in [-0.2, -0.15) is 0 Å². The SMILES string of the molecule is NCC#Cc1ccc(C(=O)Nc2nnns2)cc1F. The summed E-state index contributed by atoms with van der Waals surface area (Å²) < 4.78 is 17.1. The molecule has 1 aromatic carbocycles. The van der Waals surface area contributed by atoms with E-state index in [2.05, 4.69) is 32.0 Å². The van der Waals surface area contributed by atoms with Crippen LogP contribution in [0.15, 0.2) is 18.2 Å². The third-order valence-electron chi connectivity index (χ3n) is 2.08. The molecule has 2 rings (SSSR count). The number of halogens is 1. The van der Waals surface area contributed by atoms with Gasteiger partial charge in [0.2, 0.25) is 5.13 Å². The minimum absolute atomic E-state index is 0.145. The zero-order valence-electron chi connectivity index (χ0n) is 9.55. The summed E-state index contributed by atoms with van der Waals surface area (Å²) in [5, 5.41) is 9.59. The molecule has 0 radical (unpaired) electrons. The van der Waals surface area contributed by atoms with Gasteiger partial charge in [-0.1, -0.05) is 21.4 Å². The molecule has 1 heterocycles. The lowest BCUT2D eigenvalue weighted by Crippen LogP contribution is -2.12. The van der Waals surface area contributed by atoms with Gasteiger partial charge in [0.05, 0.1) is 12.1 Å². The molecule has 8 heteroatoms. The number of benzene rings is 1. The first-order chi connectivity index (χ1) is 9.20. The van der Waals surface area contributed by atoms with E-state index in [1.54, 1.807) is 0 Å². The maximum atomic E-state index is 13.7. The zero-order chi connectivity index (χ0) is 13.7. The molecule has 96 valence electrons. The minimum atomic E-state index is -0.580. The summed E-state index contributed by atoms with van der Waals surface area (Å²) in [5.74, 6) is 4.05. The molecule has 0 fully saturated rings. The smallest absolute Gasteiger partial charge is 0.257 e. The summed E-state index contributed by atoms with van der Waals surface area (Å²) in [4.78, 5) is 11.8. The van der Waals surface area contributed by atoms with Crippen LogP contribution in [0.1, 0.15) is 15.9 Å². The maximum Gasteiger partial charge on any atom is 0.257 e. The van der Waals surface area contributed by atoms with Crippen LogP contribution >= 0.6 is 11.5 Å². The molecular formula is C11H8FN5OS. The molecule has 0 saturated heterocycles. The Morgan fingerprint density at radius 3 is 3.00 bits per heavy atom. The van der Waals surface area contributed by atoms with Crippen LogP contribution in [0.5, 0.6) is 0 Å². The topological polar surface area (TPSA) is 93.8 Å². The van der Waals surface area contributed by atoms with Gasteiger partial charge in [0.15, 0.2) is 0 Å². The van der Waals surface area contributed by atoms with E-state index in [1.165, 1.54) is 12.1 Å². The molecule has 0 aliphatic carbocycles. The van der Waals surface area contributed by atoms with Crippen molar-refractivity contribution in [1.29, 1.82) is 0 Å². The molecule has 0 atom stereocenters. The number of hydrogen-bond donors (Lipinski definition) is 2. The van der Waals surface area contributed by atoms with Crippen LogP contribution in [-0.4, -0.2) is 27.3 Å². The fraction of sp³-hybridized carbons (Fsp3) is 0.0909. The molecule has 19 heavy (non-hydrogen) atoms. The highest BCUT2D eigenvalue weighted by Crippen LogP contribution is 2.12. The minimum Gasteiger partial charge on any atom is -0.320 e. The summed E-state index contributed by atoms with van der Waals surface area (Å²) in [6.07, 6.45) is 0. The largest absolute Gasteiger partial charge is 0.320 e. The fourth-order valence-electron chi connectivity index (χ4n) is 1.26. The first-order valence-electron chi connectivity index (χ1n) is 5.15. The standard InChI is InChI=1S/C11H8FN5OS/c12-9-6-8(4-3-7(9)2-1-5-13)10(18)14-11-15-16-17-19-11/h3-4,6H,5,13H2,(H,14,15,17,18). The molecule has 0 aliphatic rings. The van der Waals surface area contributed by atoms with E-state index in [0.29, 0.717) is 0 Å². The van der Waals surface area contributed by atoms with Crippen molar-refractivity contribution in [3.8, 4) is 11.8 Å².